The van der Waals surface area contributed by atoms with E-state index in [2.05, 4.69) is 22.7 Å². The minimum absolute atomic E-state index is 0.117. The first kappa shape index (κ1) is 13.2. The lowest BCUT2D eigenvalue weighted by atomic mass is 10.3. The van der Waals surface area contributed by atoms with Crippen LogP contribution in [-0.2, 0) is 4.74 Å². The lowest BCUT2D eigenvalue weighted by molar-refractivity contribution is 0.125. The Morgan fingerprint density at radius 1 is 1.57 bits per heavy atom. The number of aliphatic imine (C=N–C) groups is 1. The van der Waals surface area contributed by atoms with E-state index in [1.54, 1.807) is 7.11 Å². The van der Waals surface area contributed by atoms with Gasteiger partial charge in [-0.05, 0) is 13.3 Å². The van der Waals surface area contributed by atoms with Crippen molar-refractivity contribution in [3.05, 3.63) is 0 Å². The zero-order chi connectivity index (χ0) is 10.8. The molecule has 0 aliphatic rings. The monoisotopic (exact) mass is 202 g/mol. The zero-order valence-corrected chi connectivity index (χ0v) is 9.34. The summed E-state index contributed by atoms with van der Waals surface area (Å²) < 4.78 is 5.07. The molecule has 0 aromatic rings. The molecule has 5 nitrogen and oxygen atoms in total. The number of guanidine groups is 1. The number of rotatable bonds is 6. The Hall–Kier alpha value is -0.810. The normalized spacial score (nSPS) is 13.9. The van der Waals surface area contributed by atoms with Crippen LogP contribution in [0.3, 0.4) is 0 Å². The number of hydrogen-bond donors (Lipinski definition) is 3. The third-order valence-corrected chi connectivity index (χ3v) is 1.87. The molecule has 1 atom stereocenters. The summed E-state index contributed by atoms with van der Waals surface area (Å²) in [6.07, 6.45) is 2.38. The lowest BCUT2D eigenvalue weighted by Crippen LogP contribution is -2.42. The molecular weight excluding hydrogens is 180 g/mol. The van der Waals surface area contributed by atoms with E-state index in [0.717, 1.165) is 19.4 Å². The Labute approximate surface area is 86.1 Å². The second-order valence-corrected chi connectivity index (χ2v) is 3.16. The van der Waals surface area contributed by atoms with Crippen molar-refractivity contribution >= 4 is 5.96 Å². The van der Waals surface area contributed by atoms with Gasteiger partial charge in [0.25, 0.3) is 0 Å². The quantitative estimate of drug-likeness (QED) is 0.189. The summed E-state index contributed by atoms with van der Waals surface area (Å²) in [5.41, 5.74) is 2.52. The maximum absolute atomic E-state index is 5.30. The molecule has 0 heterocycles. The zero-order valence-electron chi connectivity index (χ0n) is 9.34. The first-order chi connectivity index (χ1) is 6.74. The maximum Gasteiger partial charge on any atom is 0.205 e. The number of nitrogens with zero attached hydrogens (tertiary/aromatic N) is 1. The number of methoxy groups -OCH3 is 1. The molecule has 5 heteroatoms. The number of hydrazine groups is 1. The van der Waals surface area contributed by atoms with Crippen LogP contribution in [0.1, 0.15) is 26.7 Å². The molecule has 0 radical (unpaired) electrons. The number of hydrogen-bond acceptors (Lipinski definition) is 3. The van der Waals surface area contributed by atoms with Crippen LogP contribution in [0.4, 0.5) is 0 Å². The van der Waals surface area contributed by atoms with Gasteiger partial charge in [-0.15, -0.1) is 0 Å². The highest BCUT2D eigenvalue weighted by atomic mass is 16.5. The second-order valence-electron chi connectivity index (χ2n) is 3.16. The van der Waals surface area contributed by atoms with Crippen molar-refractivity contribution in [2.75, 3.05) is 20.2 Å². The van der Waals surface area contributed by atoms with Crippen molar-refractivity contribution < 1.29 is 4.74 Å². The first-order valence-electron chi connectivity index (χ1n) is 5.02. The third kappa shape index (κ3) is 6.68. The van der Waals surface area contributed by atoms with Gasteiger partial charge in [-0.2, -0.15) is 0 Å². The molecule has 84 valence electrons. The van der Waals surface area contributed by atoms with Crippen LogP contribution >= 0.6 is 0 Å². The molecule has 0 fully saturated rings. The Balaban J connectivity index is 3.74. The molecule has 0 bridgehead atoms. The number of nitrogens with one attached hydrogen (secondary N) is 2. The fraction of sp³-hybridized carbons (Fsp3) is 0.889. The van der Waals surface area contributed by atoms with Crippen LogP contribution in [0.15, 0.2) is 4.99 Å². The summed E-state index contributed by atoms with van der Waals surface area (Å²) in [6, 6.07) is 0. The van der Waals surface area contributed by atoms with Gasteiger partial charge in [0.2, 0.25) is 5.96 Å². The number of unbranched alkanes of at least 4 members (excludes halogenated alkanes) is 1. The van der Waals surface area contributed by atoms with Gasteiger partial charge in [0.15, 0.2) is 0 Å². The Morgan fingerprint density at radius 3 is 2.79 bits per heavy atom. The maximum atomic E-state index is 5.30. The highest BCUT2D eigenvalue weighted by Gasteiger charge is 1.98. The summed E-state index contributed by atoms with van der Waals surface area (Å²) in [5.74, 6) is 5.93. The standard InChI is InChI=1S/C9H22N4O/c1-4-5-6-11-9(13-10)12-7-8(2)14-3/h8H,4-7,10H2,1-3H3,(H2,11,12,13). The van der Waals surface area contributed by atoms with Gasteiger partial charge >= 0.3 is 0 Å². The summed E-state index contributed by atoms with van der Waals surface area (Å²) in [7, 11) is 1.67. The van der Waals surface area contributed by atoms with Gasteiger partial charge in [-0.3, -0.25) is 5.43 Å². The molecule has 0 aliphatic carbocycles. The summed E-state index contributed by atoms with van der Waals surface area (Å²) in [5, 5.41) is 3.11. The SMILES string of the molecule is CCCCNC(=NCC(C)OC)NN. The molecule has 0 saturated heterocycles. The molecule has 0 rings (SSSR count). The van der Waals surface area contributed by atoms with E-state index in [4.69, 9.17) is 10.6 Å². The largest absolute Gasteiger partial charge is 0.380 e. The van der Waals surface area contributed by atoms with E-state index in [0.29, 0.717) is 12.5 Å². The van der Waals surface area contributed by atoms with Crippen LogP contribution in [-0.4, -0.2) is 32.3 Å². The van der Waals surface area contributed by atoms with Crippen LogP contribution < -0.4 is 16.6 Å². The number of nitrogens with two attached hydrogens (primary N) is 1. The van der Waals surface area contributed by atoms with Crippen molar-refractivity contribution in [3.63, 3.8) is 0 Å². The lowest BCUT2D eigenvalue weighted by Gasteiger charge is -2.10. The molecule has 14 heavy (non-hydrogen) atoms. The smallest absolute Gasteiger partial charge is 0.205 e. The van der Waals surface area contributed by atoms with Gasteiger partial charge in [0.05, 0.1) is 12.6 Å². The van der Waals surface area contributed by atoms with Crippen molar-refractivity contribution in [2.45, 2.75) is 32.8 Å². The van der Waals surface area contributed by atoms with Crippen molar-refractivity contribution in [2.24, 2.45) is 10.8 Å². The van der Waals surface area contributed by atoms with Gasteiger partial charge in [-0.1, -0.05) is 13.3 Å². The molecule has 0 amide bonds. The Morgan fingerprint density at radius 2 is 2.29 bits per heavy atom. The molecule has 0 saturated carbocycles. The molecule has 4 N–H and O–H groups in total. The average molecular weight is 202 g/mol. The molecule has 0 aromatic carbocycles. The minimum Gasteiger partial charge on any atom is -0.380 e. The molecule has 0 spiro atoms. The predicted octanol–water partition coefficient (Wildman–Crippen LogP) is 0.230. The summed E-state index contributed by atoms with van der Waals surface area (Å²) >= 11 is 0. The van der Waals surface area contributed by atoms with Gasteiger partial charge in [-0.25, -0.2) is 10.8 Å². The van der Waals surface area contributed by atoms with E-state index in [-0.39, 0.29) is 6.10 Å². The van der Waals surface area contributed by atoms with Gasteiger partial charge in [0.1, 0.15) is 0 Å². The second kappa shape index (κ2) is 8.77. The van der Waals surface area contributed by atoms with E-state index in [1.165, 1.54) is 0 Å². The van der Waals surface area contributed by atoms with E-state index in [9.17, 15) is 0 Å². The van der Waals surface area contributed by atoms with Crippen molar-refractivity contribution in [1.82, 2.24) is 10.7 Å². The van der Waals surface area contributed by atoms with E-state index in [1.807, 2.05) is 6.92 Å². The van der Waals surface area contributed by atoms with Crippen molar-refractivity contribution in [1.29, 1.82) is 0 Å². The summed E-state index contributed by atoms with van der Waals surface area (Å²) in [6.45, 7) is 5.60. The molecular formula is C9H22N4O. The molecule has 1 unspecified atom stereocenters. The van der Waals surface area contributed by atoms with E-state index < -0.39 is 0 Å². The fourth-order valence-corrected chi connectivity index (χ4v) is 0.831. The fourth-order valence-electron chi connectivity index (χ4n) is 0.831. The Bertz CT molecular complexity index is 161. The van der Waals surface area contributed by atoms with Crippen LogP contribution in [0.5, 0.6) is 0 Å². The minimum atomic E-state index is 0.117. The highest BCUT2D eigenvalue weighted by molar-refractivity contribution is 5.79. The first-order valence-corrected chi connectivity index (χ1v) is 5.02. The van der Waals surface area contributed by atoms with Crippen LogP contribution in [0.2, 0.25) is 0 Å². The topological polar surface area (TPSA) is 71.7 Å². The Kier molecular flexibility index (Phi) is 8.27. The van der Waals surface area contributed by atoms with E-state index >= 15 is 0 Å². The van der Waals surface area contributed by atoms with Crippen molar-refractivity contribution in [3.8, 4) is 0 Å². The van der Waals surface area contributed by atoms with Crippen LogP contribution in [0.25, 0.3) is 0 Å². The number of ether oxygens (including phenoxy) is 1. The summed E-state index contributed by atoms with van der Waals surface area (Å²) in [4.78, 5) is 4.23. The predicted molar refractivity (Wildman–Crippen MR) is 59.0 cm³/mol. The van der Waals surface area contributed by atoms with Gasteiger partial charge < -0.3 is 10.1 Å². The molecule has 0 aliphatic heterocycles. The highest BCUT2D eigenvalue weighted by Crippen LogP contribution is 1.88. The molecule has 0 aromatic heterocycles. The van der Waals surface area contributed by atoms with Gasteiger partial charge in [0, 0.05) is 13.7 Å². The average Bonchev–Trinajstić information content (AvgIpc) is 2.22. The third-order valence-electron chi connectivity index (χ3n) is 1.87. The van der Waals surface area contributed by atoms with Crippen LogP contribution in [0, 0.1) is 0 Å².